The average Bonchev–Trinajstić information content (AvgIpc) is 3.07. The molecule has 0 aromatic heterocycles. The zero-order chi connectivity index (χ0) is 18.4. The Morgan fingerprint density at radius 2 is 2.08 bits per heavy atom. The first-order chi connectivity index (χ1) is 11.6. The maximum Gasteiger partial charge on any atom is 0.334 e. The predicted octanol–water partition coefficient (Wildman–Crippen LogP) is 2.51. The SMILES string of the molecule is C=C1C(=O)O[C@H]2[C@@H](O)[C@H](C)CCC[C@@](C)(O)/C=C\C[C@@]3(C)O[C@@H]3C[C@@H]12. The summed E-state index contributed by atoms with van der Waals surface area (Å²) in [4.78, 5) is 12.0. The number of carbonyl (C=O) groups is 1. The Morgan fingerprint density at radius 1 is 1.36 bits per heavy atom. The maximum absolute atomic E-state index is 12.0. The van der Waals surface area contributed by atoms with E-state index in [0.717, 1.165) is 12.8 Å². The van der Waals surface area contributed by atoms with Gasteiger partial charge in [-0.25, -0.2) is 4.79 Å². The third-order valence-corrected chi connectivity index (χ3v) is 6.11. The van der Waals surface area contributed by atoms with Crippen molar-refractivity contribution in [1.29, 1.82) is 0 Å². The number of ether oxygens (including phenoxy) is 2. The van der Waals surface area contributed by atoms with Gasteiger partial charge in [0.25, 0.3) is 0 Å². The van der Waals surface area contributed by atoms with Gasteiger partial charge < -0.3 is 19.7 Å². The summed E-state index contributed by atoms with van der Waals surface area (Å²) in [5.74, 6) is -0.636. The molecule has 0 radical (unpaired) electrons. The van der Waals surface area contributed by atoms with Crippen molar-refractivity contribution in [2.24, 2.45) is 11.8 Å². The van der Waals surface area contributed by atoms with Crippen molar-refractivity contribution in [2.45, 2.75) is 82.4 Å². The molecular formula is C20H30O5. The van der Waals surface area contributed by atoms with Crippen molar-refractivity contribution >= 4 is 5.97 Å². The summed E-state index contributed by atoms with van der Waals surface area (Å²) in [7, 11) is 0. The molecule has 0 aromatic rings. The Bertz CT molecular complexity index is 581. The normalized spacial score (nSPS) is 49.6. The smallest absolute Gasteiger partial charge is 0.334 e. The monoisotopic (exact) mass is 350 g/mol. The quantitative estimate of drug-likeness (QED) is 0.304. The molecular weight excluding hydrogens is 320 g/mol. The predicted molar refractivity (Wildman–Crippen MR) is 93.8 cm³/mol. The molecule has 2 saturated heterocycles. The van der Waals surface area contributed by atoms with Gasteiger partial charge in [-0.15, -0.1) is 0 Å². The fraction of sp³-hybridized carbons (Fsp3) is 0.750. The van der Waals surface area contributed by atoms with Gasteiger partial charge in [0.05, 0.1) is 23.4 Å². The number of hydrogen-bond acceptors (Lipinski definition) is 5. The highest BCUT2D eigenvalue weighted by atomic mass is 16.6. The fourth-order valence-electron chi connectivity index (χ4n) is 4.12. The standard InChI is InChI=1S/C20H30O5/c1-12-7-5-8-19(3,23)9-6-10-20(4)15(25-20)11-14-13(2)18(22)24-17(14)16(12)21/h6,9,12,14-17,21,23H,2,5,7-8,10-11H2,1,3-4H3/b9-6-/t12-,14+,15-,16+,17-,19-,20-/m1/s1. The first-order valence-corrected chi connectivity index (χ1v) is 9.29. The van der Waals surface area contributed by atoms with Crippen LogP contribution in [-0.2, 0) is 14.3 Å². The van der Waals surface area contributed by atoms with Crippen LogP contribution >= 0.6 is 0 Å². The van der Waals surface area contributed by atoms with Gasteiger partial charge >= 0.3 is 5.97 Å². The molecule has 2 aliphatic heterocycles. The molecule has 0 bridgehead atoms. The number of esters is 1. The minimum absolute atomic E-state index is 0.00583. The van der Waals surface area contributed by atoms with Gasteiger partial charge in [0.2, 0.25) is 0 Å². The zero-order valence-corrected chi connectivity index (χ0v) is 15.4. The topological polar surface area (TPSA) is 79.3 Å². The van der Waals surface area contributed by atoms with E-state index in [2.05, 4.69) is 6.58 Å². The highest BCUT2D eigenvalue weighted by molar-refractivity contribution is 5.90. The second-order valence-electron chi connectivity index (χ2n) is 8.48. The number of rotatable bonds is 0. The van der Waals surface area contributed by atoms with Gasteiger partial charge in [0.1, 0.15) is 6.10 Å². The van der Waals surface area contributed by atoms with Gasteiger partial charge in [-0.05, 0) is 51.9 Å². The second kappa shape index (κ2) is 6.53. The molecule has 0 saturated carbocycles. The lowest BCUT2D eigenvalue weighted by Crippen LogP contribution is -2.37. The zero-order valence-electron chi connectivity index (χ0n) is 15.4. The number of aliphatic hydroxyl groups excluding tert-OH is 1. The van der Waals surface area contributed by atoms with Crippen LogP contribution in [0.3, 0.4) is 0 Å². The molecule has 1 aliphatic carbocycles. The Kier molecular flexibility index (Phi) is 4.86. The first kappa shape index (κ1) is 18.6. The van der Waals surface area contributed by atoms with Crippen LogP contribution in [-0.4, -0.2) is 45.7 Å². The summed E-state index contributed by atoms with van der Waals surface area (Å²) in [6.45, 7) is 9.70. The molecule has 7 atom stereocenters. The molecule has 0 aromatic carbocycles. The van der Waals surface area contributed by atoms with Crippen LogP contribution in [0.5, 0.6) is 0 Å². The van der Waals surface area contributed by atoms with E-state index in [1.54, 1.807) is 0 Å². The average molecular weight is 350 g/mol. The van der Waals surface area contributed by atoms with E-state index in [4.69, 9.17) is 9.47 Å². The Morgan fingerprint density at radius 3 is 2.80 bits per heavy atom. The molecule has 25 heavy (non-hydrogen) atoms. The minimum Gasteiger partial charge on any atom is -0.456 e. The van der Waals surface area contributed by atoms with E-state index in [1.807, 2.05) is 32.9 Å². The van der Waals surface area contributed by atoms with Crippen molar-refractivity contribution in [3.8, 4) is 0 Å². The van der Waals surface area contributed by atoms with Gasteiger partial charge in [0, 0.05) is 11.5 Å². The van der Waals surface area contributed by atoms with Crippen LogP contribution in [0, 0.1) is 11.8 Å². The molecule has 2 heterocycles. The Labute approximate surface area is 149 Å². The van der Waals surface area contributed by atoms with Gasteiger partial charge in [-0.2, -0.15) is 0 Å². The molecule has 3 rings (SSSR count). The largest absolute Gasteiger partial charge is 0.456 e. The highest BCUT2D eigenvalue weighted by Gasteiger charge is 2.55. The van der Waals surface area contributed by atoms with E-state index in [-0.39, 0.29) is 23.5 Å². The summed E-state index contributed by atoms with van der Waals surface area (Å²) < 4.78 is 11.3. The first-order valence-electron chi connectivity index (χ1n) is 9.29. The Balaban J connectivity index is 1.82. The lowest BCUT2D eigenvalue weighted by atomic mass is 9.81. The lowest BCUT2D eigenvalue weighted by Gasteiger charge is -2.28. The summed E-state index contributed by atoms with van der Waals surface area (Å²) in [6, 6.07) is 0. The molecule has 0 spiro atoms. The molecule has 140 valence electrons. The van der Waals surface area contributed by atoms with Crippen molar-refractivity contribution in [1.82, 2.24) is 0 Å². The van der Waals surface area contributed by atoms with Crippen molar-refractivity contribution < 1.29 is 24.5 Å². The van der Waals surface area contributed by atoms with Crippen LogP contribution in [0.4, 0.5) is 0 Å². The van der Waals surface area contributed by atoms with Gasteiger partial charge in [-0.3, -0.25) is 0 Å². The number of aliphatic hydroxyl groups is 2. The van der Waals surface area contributed by atoms with Crippen molar-refractivity contribution in [2.75, 3.05) is 0 Å². The van der Waals surface area contributed by atoms with Crippen LogP contribution in [0.1, 0.15) is 52.9 Å². The van der Waals surface area contributed by atoms with Crippen LogP contribution in [0.15, 0.2) is 24.3 Å². The molecule has 2 N–H and O–H groups in total. The van der Waals surface area contributed by atoms with E-state index in [9.17, 15) is 15.0 Å². The summed E-state index contributed by atoms with van der Waals surface area (Å²) in [5, 5.41) is 21.2. The summed E-state index contributed by atoms with van der Waals surface area (Å²) in [6.07, 6.45) is 6.08. The minimum atomic E-state index is -0.855. The molecule has 5 heteroatoms. The third kappa shape index (κ3) is 3.83. The van der Waals surface area contributed by atoms with E-state index in [0.29, 0.717) is 24.8 Å². The third-order valence-electron chi connectivity index (χ3n) is 6.11. The number of epoxide rings is 1. The number of hydrogen-bond donors (Lipinski definition) is 2. The second-order valence-corrected chi connectivity index (χ2v) is 8.48. The van der Waals surface area contributed by atoms with Crippen molar-refractivity contribution in [3.63, 3.8) is 0 Å². The van der Waals surface area contributed by atoms with E-state index < -0.39 is 23.8 Å². The summed E-state index contributed by atoms with van der Waals surface area (Å²) in [5.41, 5.74) is -0.699. The molecule has 0 unspecified atom stereocenters. The molecule has 5 nitrogen and oxygen atoms in total. The number of fused-ring (bicyclic) bond motifs is 2. The maximum atomic E-state index is 12.0. The van der Waals surface area contributed by atoms with Gasteiger partial charge in [-0.1, -0.05) is 25.7 Å². The fourth-order valence-corrected chi connectivity index (χ4v) is 4.12. The lowest BCUT2D eigenvalue weighted by molar-refractivity contribution is -0.146. The van der Waals surface area contributed by atoms with E-state index in [1.165, 1.54) is 0 Å². The highest BCUT2D eigenvalue weighted by Crippen LogP contribution is 2.47. The molecule has 2 fully saturated rings. The van der Waals surface area contributed by atoms with E-state index >= 15 is 0 Å². The molecule has 3 aliphatic rings. The molecule has 0 amide bonds. The van der Waals surface area contributed by atoms with Gasteiger partial charge in [0.15, 0.2) is 0 Å². The van der Waals surface area contributed by atoms with Crippen molar-refractivity contribution in [3.05, 3.63) is 24.3 Å². The summed E-state index contributed by atoms with van der Waals surface area (Å²) >= 11 is 0. The van der Waals surface area contributed by atoms with Crippen LogP contribution in [0.25, 0.3) is 0 Å². The number of carbonyl (C=O) groups excluding carboxylic acids is 1. The van der Waals surface area contributed by atoms with Crippen LogP contribution in [0.2, 0.25) is 0 Å². The van der Waals surface area contributed by atoms with Crippen LogP contribution < -0.4 is 0 Å². The Hall–Kier alpha value is -1.17.